The molecule has 0 aromatic heterocycles. The summed E-state index contributed by atoms with van der Waals surface area (Å²) in [6, 6.07) is 16.3. The van der Waals surface area contributed by atoms with Gasteiger partial charge in [-0.2, -0.15) is 0 Å². The van der Waals surface area contributed by atoms with Crippen LogP contribution in [0.2, 0.25) is 0 Å². The molecule has 1 aliphatic carbocycles. The fourth-order valence-electron chi connectivity index (χ4n) is 3.37. The second kappa shape index (κ2) is 3.64. The van der Waals surface area contributed by atoms with Gasteiger partial charge in [-0.15, -0.1) is 0 Å². The van der Waals surface area contributed by atoms with Crippen molar-refractivity contribution in [3.63, 3.8) is 0 Å². The van der Waals surface area contributed by atoms with Crippen LogP contribution in [0.15, 0.2) is 54.3 Å². The van der Waals surface area contributed by atoms with Crippen LogP contribution in [0.4, 0.5) is 0 Å². The summed E-state index contributed by atoms with van der Waals surface area (Å²) in [4.78, 5) is 0. The molecule has 0 fully saturated rings. The summed E-state index contributed by atoms with van der Waals surface area (Å²) in [5.41, 5.74) is 1.66. The zero-order valence-corrected chi connectivity index (χ0v) is 11.1. The molecule has 2 N–H and O–H groups in total. The molecule has 0 amide bonds. The van der Waals surface area contributed by atoms with E-state index in [1.165, 1.54) is 10.8 Å². The number of fused-ring (bicyclic) bond motifs is 6. The lowest BCUT2D eigenvalue weighted by Gasteiger charge is -2.19. The Morgan fingerprint density at radius 3 is 2.48 bits per heavy atom. The van der Waals surface area contributed by atoms with Gasteiger partial charge >= 0.3 is 0 Å². The Bertz CT molecular complexity index is 955. The number of hydrogen-bond donors (Lipinski definition) is 2. The lowest BCUT2D eigenvalue weighted by Crippen LogP contribution is -2.20. The maximum Gasteiger partial charge on any atom is 0.179 e. The van der Waals surface area contributed by atoms with Crippen molar-refractivity contribution in [2.24, 2.45) is 0 Å². The first-order chi connectivity index (χ1) is 10.3. The van der Waals surface area contributed by atoms with E-state index < -0.39 is 12.2 Å². The lowest BCUT2D eigenvalue weighted by atomic mass is 9.88. The van der Waals surface area contributed by atoms with Crippen molar-refractivity contribution >= 4 is 27.3 Å². The molecule has 3 aromatic carbocycles. The summed E-state index contributed by atoms with van der Waals surface area (Å²) in [6.45, 7) is 0. The van der Waals surface area contributed by atoms with E-state index in [0.717, 1.165) is 27.7 Å². The highest BCUT2D eigenvalue weighted by molar-refractivity contribution is 6.11. The second-order valence-electron chi connectivity index (χ2n) is 5.60. The van der Waals surface area contributed by atoms with Crippen molar-refractivity contribution < 1.29 is 14.9 Å². The molecule has 0 bridgehead atoms. The van der Waals surface area contributed by atoms with E-state index >= 15 is 0 Å². The van der Waals surface area contributed by atoms with Crippen LogP contribution in [0.3, 0.4) is 0 Å². The molecule has 1 aliphatic heterocycles. The van der Waals surface area contributed by atoms with Crippen LogP contribution in [-0.4, -0.2) is 16.3 Å². The highest BCUT2D eigenvalue weighted by Crippen LogP contribution is 2.51. The molecule has 5 rings (SSSR count). The third kappa shape index (κ3) is 1.35. The van der Waals surface area contributed by atoms with Crippen LogP contribution >= 0.6 is 0 Å². The van der Waals surface area contributed by atoms with E-state index in [9.17, 15) is 10.2 Å². The number of benzene rings is 3. The summed E-state index contributed by atoms with van der Waals surface area (Å²) in [6.07, 6.45) is -1.86. The normalized spacial score (nSPS) is 23.0. The molecular formula is C18H12O3. The van der Waals surface area contributed by atoms with Gasteiger partial charge in [0.25, 0.3) is 0 Å². The summed E-state index contributed by atoms with van der Waals surface area (Å²) in [7, 11) is 0. The maximum absolute atomic E-state index is 10.2. The maximum atomic E-state index is 10.2. The first-order valence-electron chi connectivity index (χ1n) is 6.98. The monoisotopic (exact) mass is 276 g/mol. The highest BCUT2D eigenvalue weighted by Gasteiger charge is 2.45. The van der Waals surface area contributed by atoms with Gasteiger partial charge in [-0.25, -0.2) is 0 Å². The topological polar surface area (TPSA) is 53.0 Å². The molecule has 102 valence electrons. The Kier molecular flexibility index (Phi) is 1.96. The van der Waals surface area contributed by atoms with Crippen molar-refractivity contribution in [3.05, 3.63) is 65.4 Å². The fourth-order valence-corrected chi connectivity index (χ4v) is 3.37. The van der Waals surface area contributed by atoms with Crippen molar-refractivity contribution in [2.75, 3.05) is 0 Å². The highest BCUT2D eigenvalue weighted by atomic mass is 16.6. The molecule has 1 heterocycles. The Hall–Kier alpha value is -2.36. The molecular weight excluding hydrogens is 264 g/mol. The molecule has 0 saturated carbocycles. The van der Waals surface area contributed by atoms with Gasteiger partial charge in [-0.1, -0.05) is 48.5 Å². The molecule has 0 unspecified atom stereocenters. The number of hydrogen-bond acceptors (Lipinski definition) is 3. The fraction of sp³-hybridized carbons (Fsp3) is 0.111. The van der Waals surface area contributed by atoms with Gasteiger partial charge in [0.05, 0.1) is 0 Å². The smallest absolute Gasteiger partial charge is 0.179 e. The zero-order valence-electron chi connectivity index (χ0n) is 11.1. The minimum atomic E-state index is -0.939. The van der Waals surface area contributed by atoms with E-state index in [2.05, 4.69) is 24.3 Å². The predicted octanol–water partition coefficient (Wildman–Crippen LogP) is 3.10. The third-order valence-corrected chi connectivity index (χ3v) is 4.47. The number of rotatable bonds is 0. The Balaban J connectivity index is 1.94. The first kappa shape index (κ1) is 11.3. The summed E-state index contributed by atoms with van der Waals surface area (Å²) < 4.78 is 5.43. The minimum absolute atomic E-state index is 0.510. The van der Waals surface area contributed by atoms with E-state index in [-0.39, 0.29) is 0 Å². The van der Waals surface area contributed by atoms with Crippen molar-refractivity contribution in [1.82, 2.24) is 0 Å². The molecule has 3 aromatic rings. The Morgan fingerprint density at radius 1 is 0.762 bits per heavy atom. The summed E-state index contributed by atoms with van der Waals surface area (Å²) >= 11 is 0. The van der Waals surface area contributed by atoms with Gasteiger partial charge in [-0.05, 0) is 27.1 Å². The van der Waals surface area contributed by atoms with Crippen LogP contribution in [0.5, 0.6) is 0 Å². The first-order valence-corrected chi connectivity index (χ1v) is 6.98. The van der Waals surface area contributed by atoms with E-state index in [1.54, 1.807) is 0 Å². The molecule has 0 spiro atoms. The quantitative estimate of drug-likeness (QED) is 0.620. The van der Waals surface area contributed by atoms with Crippen LogP contribution in [0, 0.1) is 0 Å². The van der Waals surface area contributed by atoms with E-state index in [1.807, 2.05) is 24.3 Å². The Labute approximate surface area is 120 Å². The molecule has 2 aliphatic rings. The zero-order chi connectivity index (χ0) is 14.1. The largest absolute Gasteiger partial charge is 0.451 e. The Morgan fingerprint density at radius 2 is 1.57 bits per heavy atom. The van der Waals surface area contributed by atoms with Crippen LogP contribution < -0.4 is 0 Å². The molecule has 0 saturated heterocycles. The van der Waals surface area contributed by atoms with Crippen molar-refractivity contribution in [2.45, 2.75) is 12.2 Å². The van der Waals surface area contributed by atoms with Crippen LogP contribution in [0.1, 0.15) is 17.2 Å². The number of aliphatic hydroxyl groups is 2. The standard InChI is InChI=1S/C18H12O3/c19-15-13-8-7-11-10-4-2-1-3-9(10)5-6-12(11)14(13)17-18(21-17)16(15)20/h1-8,15-16,19-20H/t15-,16+/m1/s1. The summed E-state index contributed by atoms with van der Waals surface area (Å²) in [5, 5.41) is 24.7. The molecule has 2 atom stereocenters. The average Bonchev–Trinajstić information content (AvgIpc) is 3.32. The van der Waals surface area contributed by atoms with Gasteiger partial charge in [-0.3, -0.25) is 0 Å². The number of ether oxygens (including phenoxy) is 1. The second-order valence-corrected chi connectivity index (χ2v) is 5.60. The predicted molar refractivity (Wildman–Crippen MR) is 80.4 cm³/mol. The SMILES string of the molecule is O[C@@H]1C2=C(O2)c2c(ccc3c2ccc2ccccc23)[C@H]1O. The van der Waals surface area contributed by atoms with Crippen LogP contribution in [-0.2, 0) is 4.74 Å². The van der Waals surface area contributed by atoms with Crippen molar-refractivity contribution in [3.8, 4) is 0 Å². The van der Waals surface area contributed by atoms with E-state index in [4.69, 9.17) is 4.74 Å². The molecule has 21 heavy (non-hydrogen) atoms. The van der Waals surface area contributed by atoms with Gasteiger partial charge in [0, 0.05) is 5.56 Å². The van der Waals surface area contributed by atoms with Crippen LogP contribution in [0.25, 0.3) is 27.3 Å². The van der Waals surface area contributed by atoms with E-state index in [0.29, 0.717) is 5.76 Å². The van der Waals surface area contributed by atoms with Crippen molar-refractivity contribution in [1.29, 1.82) is 0 Å². The van der Waals surface area contributed by atoms with Gasteiger partial charge in [0.15, 0.2) is 11.5 Å². The van der Waals surface area contributed by atoms with Gasteiger partial charge in [0.1, 0.15) is 12.2 Å². The summed E-state index contributed by atoms with van der Waals surface area (Å²) in [5.74, 6) is 1.24. The van der Waals surface area contributed by atoms with Gasteiger partial charge in [0.2, 0.25) is 0 Å². The lowest BCUT2D eigenvalue weighted by molar-refractivity contribution is 0.0325. The third-order valence-electron chi connectivity index (χ3n) is 4.47. The average molecular weight is 276 g/mol. The van der Waals surface area contributed by atoms with Gasteiger partial charge < -0.3 is 14.9 Å². The molecule has 0 radical (unpaired) electrons. The molecule has 3 nitrogen and oxygen atoms in total. The minimum Gasteiger partial charge on any atom is -0.451 e. The molecule has 3 heteroatoms. The number of aliphatic hydroxyl groups excluding tert-OH is 2.